The van der Waals surface area contributed by atoms with E-state index in [1.807, 2.05) is 12.1 Å². The maximum Gasteiger partial charge on any atom is 0.302 e. The van der Waals surface area contributed by atoms with Gasteiger partial charge in [-0.2, -0.15) is 0 Å². The van der Waals surface area contributed by atoms with Gasteiger partial charge in [-0.15, -0.1) is 0 Å². The molecule has 0 radical (unpaired) electrons. The molecule has 0 aliphatic carbocycles. The van der Waals surface area contributed by atoms with Gasteiger partial charge in [-0.3, -0.25) is 14.5 Å². The molecular weight excluding hydrogens is 464 g/mol. The molecule has 1 saturated heterocycles. The van der Waals surface area contributed by atoms with Gasteiger partial charge < -0.3 is 10.1 Å². The molecule has 0 saturated carbocycles. The summed E-state index contributed by atoms with van der Waals surface area (Å²) < 4.78 is 27.3. The van der Waals surface area contributed by atoms with Crippen LogP contribution < -0.4 is 4.90 Å². The number of hydrogen-bond donors (Lipinski definition) is 2. The molecule has 1 unspecified atom stereocenters. The summed E-state index contributed by atoms with van der Waals surface area (Å²) in [4.78, 5) is 35.1. The molecule has 1 aliphatic heterocycles. The van der Waals surface area contributed by atoms with E-state index in [1.165, 1.54) is 35.2 Å². The molecule has 1 aliphatic rings. The first kappa shape index (κ1) is 23.4. The van der Waals surface area contributed by atoms with Gasteiger partial charge in [0.25, 0.3) is 5.78 Å². The fraction of sp³-hybridized carbons (Fsp3) is 0.179. The van der Waals surface area contributed by atoms with Gasteiger partial charge in [-0.05, 0) is 59.0 Å². The van der Waals surface area contributed by atoms with Crippen molar-refractivity contribution in [3.8, 4) is 0 Å². The van der Waals surface area contributed by atoms with Crippen molar-refractivity contribution in [1.29, 1.82) is 0 Å². The Hall–Kier alpha value is -4.33. The number of carbonyl (C=O) groups is 2. The van der Waals surface area contributed by atoms with Crippen LogP contribution in [-0.4, -0.2) is 26.8 Å². The van der Waals surface area contributed by atoms with E-state index < -0.39 is 35.1 Å². The molecule has 36 heavy (non-hydrogen) atoms. The molecule has 6 nitrogen and oxygen atoms in total. The number of aromatic amines is 1. The van der Waals surface area contributed by atoms with Gasteiger partial charge in [0.15, 0.2) is 0 Å². The summed E-state index contributed by atoms with van der Waals surface area (Å²) in [6, 6.07) is 15.3. The lowest BCUT2D eigenvalue weighted by Gasteiger charge is -2.24. The summed E-state index contributed by atoms with van der Waals surface area (Å²) in [5.41, 5.74) is 2.29. The van der Waals surface area contributed by atoms with E-state index in [-0.39, 0.29) is 22.5 Å². The zero-order chi connectivity index (χ0) is 25.8. The number of fused-ring (bicyclic) bond motifs is 1. The maximum absolute atomic E-state index is 13.8. The van der Waals surface area contributed by atoms with Crippen molar-refractivity contribution in [2.45, 2.75) is 32.2 Å². The Bertz CT molecular complexity index is 1530. The van der Waals surface area contributed by atoms with Gasteiger partial charge in [0.1, 0.15) is 17.4 Å². The van der Waals surface area contributed by atoms with E-state index in [4.69, 9.17) is 0 Å². The Balaban J connectivity index is 1.71. The minimum absolute atomic E-state index is 0.0424. The SMILES string of the molecule is CC(C)(C)c1ccc(C2/C(=C(\O)c3ccc(F)cc3)C(=O)C(=O)N2c2nc3ccc(F)cc3[nH]2)cc1. The number of aliphatic hydroxyl groups excluding tert-OH is 1. The first-order valence-corrected chi connectivity index (χ1v) is 11.4. The van der Waals surface area contributed by atoms with Crippen LogP contribution in [0.2, 0.25) is 0 Å². The van der Waals surface area contributed by atoms with Crippen LogP contribution in [0.3, 0.4) is 0 Å². The zero-order valence-corrected chi connectivity index (χ0v) is 19.8. The highest BCUT2D eigenvalue weighted by Crippen LogP contribution is 2.42. The fourth-order valence-electron chi connectivity index (χ4n) is 4.38. The molecule has 0 spiro atoms. The number of H-pyrrole nitrogens is 1. The second-order valence-corrected chi connectivity index (χ2v) is 9.77. The first-order valence-electron chi connectivity index (χ1n) is 11.4. The quantitative estimate of drug-likeness (QED) is 0.218. The molecule has 0 bridgehead atoms. The summed E-state index contributed by atoms with van der Waals surface area (Å²) in [7, 11) is 0. The van der Waals surface area contributed by atoms with Gasteiger partial charge in [0, 0.05) is 5.56 Å². The molecule has 182 valence electrons. The van der Waals surface area contributed by atoms with Gasteiger partial charge in [-0.1, -0.05) is 45.0 Å². The van der Waals surface area contributed by atoms with Gasteiger partial charge in [-0.25, -0.2) is 13.8 Å². The third-order valence-electron chi connectivity index (χ3n) is 6.31. The Morgan fingerprint density at radius 1 is 0.944 bits per heavy atom. The Morgan fingerprint density at radius 2 is 1.58 bits per heavy atom. The lowest BCUT2D eigenvalue weighted by molar-refractivity contribution is -0.132. The van der Waals surface area contributed by atoms with Crippen molar-refractivity contribution in [3.63, 3.8) is 0 Å². The van der Waals surface area contributed by atoms with Crippen molar-refractivity contribution in [2.24, 2.45) is 0 Å². The Labute approximate surface area is 205 Å². The third-order valence-corrected chi connectivity index (χ3v) is 6.31. The van der Waals surface area contributed by atoms with Crippen molar-refractivity contribution in [1.82, 2.24) is 9.97 Å². The summed E-state index contributed by atoms with van der Waals surface area (Å²) >= 11 is 0. The van der Waals surface area contributed by atoms with E-state index >= 15 is 0 Å². The van der Waals surface area contributed by atoms with Crippen LogP contribution in [0.15, 0.2) is 72.3 Å². The van der Waals surface area contributed by atoms with Crippen LogP contribution in [0, 0.1) is 11.6 Å². The number of anilines is 1. The number of aromatic nitrogens is 2. The molecule has 3 aromatic carbocycles. The molecule has 1 atom stereocenters. The number of halogens is 2. The summed E-state index contributed by atoms with van der Waals surface area (Å²) in [5.74, 6) is -3.18. The number of Topliss-reactive ketones (excluding diaryl/α,β-unsaturated/α-hetero) is 1. The normalized spacial score (nSPS) is 17.8. The molecule has 1 aromatic heterocycles. The van der Waals surface area contributed by atoms with Crippen molar-refractivity contribution in [3.05, 3.63) is 101 Å². The molecule has 8 heteroatoms. The molecule has 5 rings (SSSR count). The minimum atomic E-state index is -1.02. The molecule has 1 fully saturated rings. The summed E-state index contributed by atoms with van der Waals surface area (Å²) in [6.45, 7) is 6.20. The number of nitrogens with one attached hydrogen (secondary N) is 1. The second-order valence-electron chi connectivity index (χ2n) is 9.77. The fourth-order valence-corrected chi connectivity index (χ4v) is 4.38. The summed E-state index contributed by atoms with van der Waals surface area (Å²) in [6.07, 6.45) is 0. The van der Waals surface area contributed by atoms with Crippen LogP contribution >= 0.6 is 0 Å². The molecule has 2 heterocycles. The smallest absolute Gasteiger partial charge is 0.302 e. The number of ketones is 1. The second kappa shape index (κ2) is 8.41. The van der Waals surface area contributed by atoms with Crippen LogP contribution in [0.4, 0.5) is 14.7 Å². The highest BCUT2D eigenvalue weighted by atomic mass is 19.1. The summed E-state index contributed by atoms with van der Waals surface area (Å²) in [5, 5.41) is 11.1. The molecule has 1 amide bonds. The predicted octanol–water partition coefficient (Wildman–Crippen LogP) is 5.76. The van der Waals surface area contributed by atoms with Crippen LogP contribution in [0.25, 0.3) is 16.8 Å². The van der Waals surface area contributed by atoms with Crippen LogP contribution in [0.1, 0.15) is 43.5 Å². The minimum Gasteiger partial charge on any atom is -0.507 e. The largest absolute Gasteiger partial charge is 0.507 e. The van der Waals surface area contributed by atoms with Crippen molar-refractivity contribution < 1.29 is 23.5 Å². The van der Waals surface area contributed by atoms with E-state index in [2.05, 4.69) is 30.7 Å². The molecule has 2 N–H and O–H groups in total. The standard InChI is InChI=1S/C28H23F2N3O3/c1-28(2,3)17-8-4-15(5-9-17)23-22(24(34)16-6-10-18(29)11-7-16)25(35)26(36)33(23)27-31-20-13-12-19(30)14-21(20)32-27/h4-14,23,34H,1-3H3,(H,31,32)/b24-22+. The third kappa shape index (κ3) is 3.94. The Kier molecular flexibility index (Phi) is 5.47. The van der Waals surface area contributed by atoms with Crippen LogP contribution in [-0.2, 0) is 15.0 Å². The number of hydrogen-bond acceptors (Lipinski definition) is 4. The van der Waals surface area contributed by atoms with Gasteiger partial charge in [0.05, 0.1) is 22.6 Å². The lowest BCUT2D eigenvalue weighted by Crippen LogP contribution is -2.30. The maximum atomic E-state index is 13.8. The highest BCUT2D eigenvalue weighted by Gasteiger charge is 2.48. The average molecular weight is 488 g/mol. The number of imidazole rings is 1. The van der Waals surface area contributed by atoms with Crippen molar-refractivity contribution in [2.75, 3.05) is 4.90 Å². The number of nitrogens with zero attached hydrogens (tertiary/aromatic N) is 2. The van der Waals surface area contributed by atoms with E-state index in [1.54, 1.807) is 12.1 Å². The number of amides is 1. The highest BCUT2D eigenvalue weighted by molar-refractivity contribution is 6.51. The monoisotopic (exact) mass is 487 g/mol. The first-order chi connectivity index (χ1) is 17.0. The van der Waals surface area contributed by atoms with E-state index in [0.29, 0.717) is 16.6 Å². The zero-order valence-electron chi connectivity index (χ0n) is 19.8. The average Bonchev–Trinajstić information content (AvgIpc) is 3.36. The molecule has 4 aromatic rings. The predicted molar refractivity (Wildman–Crippen MR) is 132 cm³/mol. The van der Waals surface area contributed by atoms with Crippen LogP contribution in [0.5, 0.6) is 0 Å². The van der Waals surface area contributed by atoms with Crippen molar-refractivity contribution >= 4 is 34.4 Å². The van der Waals surface area contributed by atoms with E-state index in [9.17, 15) is 23.5 Å². The van der Waals surface area contributed by atoms with E-state index in [0.717, 1.165) is 17.7 Å². The van der Waals surface area contributed by atoms with Gasteiger partial charge in [0.2, 0.25) is 5.95 Å². The topological polar surface area (TPSA) is 86.3 Å². The molecular formula is C28H23F2N3O3. The Morgan fingerprint density at radius 3 is 2.22 bits per heavy atom. The number of rotatable bonds is 3. The number of benzene rings is 3. The number of carbonyl (C=O) groups excluding carboxylic acids is 2. The lowest BCUT2D eigenvalue weighted by atomic mass is 9.85. The number of aliphatic hydroxyl groups is 1. The van der Waals surface area contributed by atoms with Gasteiger partial charge >= 0.3 is 5.91 Å².